The number of nitrogen functional groups attached to an aromatic ring is 1. The molecule has 0 radical (unpaired) electrons. The molecular formula is C13H22BrN3. The predicted molar refractivity (Wildman–Crippen MR) is 79.4 cm³/mol. The molecule has 0 aromatic heterocycles. The van der Waals surface area contributed by atoms with Gasteiger partial charge in [0, 0.05) is 17.6 Å². The van der Waals surface area contributed by atoms with Gasteiger partial charge < -0.3 is 16.0 Å². The van der Waals surface area contributed by atoms with E-state index in [-0.39, 0.29) is 5.41 Å². The molecule has 1 aromatic rings. The summed E-state index contributed by atoms with van der Waals surface area (Å²) < 4.78 is 1.04. The van der Waals surface area contributed by atoms with Gasteiger partial charge >= 0.3 is 0 Å². The van der Waals surface area contributed by atoms with E-state index in [9.17, 15) is 0 Å². The zero-order valence-corrected chi connectivity index (χ0v) is 12.6. The highest BCUT2D eigenvalue weighted by atomic mass is 79.9. The fraction of sp³-hybridized carbons (Fsp3) is 0.538. The summed E-state index contributed by atoms with van der Waals surface area (Å²) in [6.07, 6.45) is 0. The summed E-state index contributed by atoms with van der Waals surface area (Å²) in [5, 5.41) is 3.42. The standard InChI is InChI=1S/C13H22BrN3/c1-13(2,9-17(3)4)8-16-12-7-10(14)5-6-11(12)15/h5-7,16H,8-9,15H2,1-4H3. The summed E-state index contributed by atoms with van der Waals surface area (Å²) in [6, 6.07) is 5.87. The fourth-order valence-corrected chi connectivity index (χ4v) is 2.29. The van der Waals surface area contributed by atoms with Crippen molar-refractivity contribution in [3.63, 3.8) is 0 Å². The lowest BCUT2D eigenvalue weighted by atomic mass is 9.93. The van der Waals surface area contributed by atoms with Crippen LogP contribution < -0.4 is 11.1 Å². The molecule has 0 aliphatic carbocycles. The van der Waals surface area contributed by atoms with E-state index in [0.717, 1.165) is 28.9 Å². The Kier molecular flexibility index (Phi) is 4.83. The Hall–Kier alpha value is -0.740. The minimum Gasteiger partial charge on any atom is -0.397 e. The van der Waals surface area contributed by atoms with Crippen LogP contribution in [0.3, 0.4) is 0 Å². The van der Waals surface area contributed by atoms with Gasteiger partial charge in [0.05, 0.1) is 11.4 Å². The summed E-state index contributed by atoms with van der Waals surface area (Å²) in [6.45, 7) is 6.42. The van der Waals surface area contributed by atoms with Crippen molar-refractivity contribution >= 4 is 27.3 Å². The third-order valence-electron chi connectivity index (χ3n) is 2.52. The van der Waals surface area contributed by atoms with Gasteiger partial charge in [-0.2, -0.15) is 0 Å². The highest BCUT2D eigenvalue weighted by Crippen LogP contribution is 2.25. The number of nitrogens with one attached hydrogen (secondary N) is 1. The van der Waals surface area contributed by atoms with Gasteiger partial charge in [0.25, 0.3) is 0 Å². The van der Waals surface area contributed by atoms with Crippen LogP contribution in [-0.4, -0.2) is 32.1 Å². The molecule has 0 saturated heterocycles. The number of nitrogens with zero attached hydrogens (tertiary/aromatic N) is 1. The van der Waals surface area contributed by atoms with Crippen LogP contribution in [0.2, 0.25) is 0 Å². The van der Waals surface area contributed by atoms with E-state index in [1.54, 1.807) is 0 Å². The zero-order valence-electron chi connectivity index (χ0n) is 11.0. The van der Waals surface area contributed by atoms with E-state index < -0.39 is 0 Å². The molecule has 0 saturated carbocycles. The van der Waals surface area contributed by atoms with E-state index in [1.165, 1.54) is 0 Å². The number of nitrogens with two attached hydrogens (primary N) is 1. The van der Waals surface area contributed by atoms with E-state index >= 15 is 0 Å². The number of hydrogen-bond acceptors (Lipinski definition) is 3. The second kappa shape index (κ2) is 5.74. The minimum atomic E-state index is 0.207. The highest BCUT2D eigenvalue weighted by Gasteiger charge is 2.18. The van der Waals surface area contributed by atoms with E-state index in [4.69, 9.17) is 5.73 Å². The fourth-order valence-electron chi connectivity index (χ4n) is 1.93. The molecule has 3 N–H and O–H groups in total. The lowest BCUT2D eigenvalue weighted by Gasteiger charge is -2.29. The molecule has 96 valence electrons. The van der Waals surface area contributed by atoms with Gasteiger partial charge in [0.15, 0.2) is 0 Å². The van der Waals surface area contributed by atoms with Gasteiger partial charge in [-0.15, -0.1) is 0 Å². The second-order valence-electron chi connectivity index (χ2n) is 5.49. The molecule has 1 rings (SSSR count). The summed E-state index contributed by atoms with van der Waals surface area (Å²) in [7, 11) is 4.18. The van der Waals surface area contributed by atoms with Crippen molar-refractivity contribution in [1.29, 1.82) is 0 Å². The summed E-state index contributed by atoms with van der Waals surface area (Å²) in [4.78, 5) is 2.20. The van der Waals surface area contributed by atoms with E-state index in [2.05, 4.69) is 54.1 Å². The van der Waals surface area contributed by atoms with Crippen molar-refractivity contribution in [2.24, 2.45) is 5.41 Å². The van der Waals surface area contributed by atoms with Crippen molar-refractivity contribution in [2.45, 2.75) is 13.8 Å². The van der Waals surface area contributed by atoms with Crippen LogP contribution in [0, 0.1) is 5.41 Å². The highest BCUT2D eigenvalue weighted by molar-refractivity contribution is 9.10. The maximum absolute atomic E-state index is 5.93. The number of hydrogen-bond donors (Lipinski definition) is 2. The Labute approximate surface area is 113 Å². The first-order valence-corrected chi connectivity index (χ1v) is 6.53. The van der Waals surface area contributed by atoms with E-state index in [1.807, 2.05) is 18.2 Å². The van der Waals surface area contributed by atoms with Crippen molar-refractivity contribution in [2.75, 3.05) is 38.2 Å². The van der Waals surface area contributed by atoms with Crippen molar-refractivity contribution in [3.05, 3.63) is 22.7 Å². The topological polar surface area (TPSA) is 41.3 Å². The first-order valence-electron chi connectivity index (χ1n) is 5.74. The van der Waals surface area contributed by atoms with Gasteiger partial charge in [0.2, 0.25) is 0 Å². The SMILES string of the molecule is CN(C)CC(C)(C)CNc1cc(Br)ccc1N. The summed E-state index contributed by atoms with van der Waals surface area (Å²) >= 11 is 3.45. The van der Waals surface area contributed by atoms with Crippen LogP contribution in [0.15, 0.2) is 22.7 Å². The lowest BCUT2D eigenvalue weighted by Crippen LogP contribution is -2.34. The maximum atomic E-state index is 5.93. The van der Waals surface area contributed by atoms with Crippen LogP contribution in [-0.2, 0) is 0 Å². The number of halogens is 1. The normalized spacial score (nSPS) is 11.9. The number of anilines is 2. The Morgan fingerprint density at radius 2 is 2.00 bits per heavy atom. The van der Waals surface area contributed by atoms with Crippen LogP contribution >= 0.6 is 15.9 Å². The molecule has 0 unspecified atom stereocenters. The van der Waals surface area contributed by atoms with Crippen molar-refractivity contribution < 1.29 is 0 Å². The molecule has 0 aliphatic heterocycles. The molecular weight excluding hydrogens is 278 g/mol. The van der Waals surface area contributed by atoms with Gasteiger partial charge in [-0.3, -0.25) is 0 Å². The largest absolute Gasteiger partial charge is 0.397 e. The average Bonchev–Trinajstić information content (AvgIpc) is 2.17. The monoisotopic (exact) mass is 299 g/mol. The Morgan fingerprint density at radius 3 is 2.59 bits per heavy atom. The molecule has 0 amide bonds. The second-order valence-corrected chi connectivity index (χ2v) is 6.40. The van der Waals surface area contributed by atoms with Gasteiger partial charge in [-0.1, -0.05) is 29.8 Å². The molecule has 1 aromatic carbocycles. The number of rotatable bonds is 5. The number of benzene rings is 1. The van der Waals surface area contributed by atoms with Gasteiger partial charge in [0.1, 0.15) is 0 Å². The van der Waals surface area contributed by atoms with Gasteiger partial charge in [-0.05, 0) is 37.7 Å². The summed E-state index contributed by atoms with van der Waals surface area (Å²) in [5.74, 6) is 0. The van der Waals surface area contributed by atoms with Crippen molar-refractivity contribution in [1.82, 2.24) is 4.90 Å². The molecule has 0 heterocycles. The Bertz CT molecular complexity index is 375. The van der Waals surface area contributed by atoms with Crippen LogP contribution in [0.25, 0.3) is 0 Å². The quantitative estimate of drug-likeness (QED) is 0.821. The molecule has 0 atom stereocenters. The summed E-state index contributed by atoms with van der Waals surface area (Å²) in [5.41, 5.74) is 7.91. The molecule has 3 nitrogen and oxygen atoms in total. The average molecular weight is 300 g/mol. The zero-order chi connectivity index (χ0) is 13.1. The third kappa shape index (κ3) is 4.96. The lowest BCUT2D eigenvalue weighted by molar-refractivity contribution is 0.254. The molecule has 0 aliphatic rings. The smallest absolute Gasteiger partial charge is 0.0585 e. The first-order chi connectivity index (χ1) is 7.80. The molecule has 17 heavy (non-hydrogen) atoms. The third-order valence-corrected chi connectivity index (χ3v) is 3.01. The Morgan fingerprint density at radius 1 is 1.35 bits per heavy atom. The Balaban J connectivity index is 2.63. The molecule has 4 heteroatoms. The minimum absolute atomic E-state index is 0.207. The molecule has 0 fully saturated rings. The van der Waals surface area contributed by atoms with Crippen LogP contribution in [0.4, 0.5) is 11.4 Å². The van der Waals surface area contributed by atoms with Crippen LogP contribution in [0.1, 0.15) is 13.8 Å². The van der Waals surface area contributed by atoms with Gasteiger partial charge in [-0.25, -0.2) is 0 Å². The first kappa shape index (κ1) is 14.3. The molecule has 0 bridgehead atoms. The van der Waals surface area contributed by atoms with Crippen LogP contribution in [0.5, 0.6) is 0 Å². The van der Waals surface area contributed by atoms with Crippen molar-refractivity contribution in [3.8, 4) is 0 Å². The predicted octanol–water partition coefficient (Wildman–Crippen LogP) is 3.03. The van der Waals surface area contributed by atoms with E-state index in [0.29, 0.717) is 0 Å². The maximum Gasteiger partial charge on any atom is 0.0585 e. The molecule has 0 spiro atoms.